The fraction of sp³-hybridized carbons (Fsp3) is 0.647. The zero-order valence-electron chi connectivity index (χ0n) is 13.3. The van der Waals surface area contributed by atoms with Crippen molar-refractivity contribution in [3.63, 3.8) is 0 Å². The van der Waals surface area contributed by atoms with Gasteiger partial charge in [0.15, 0.2) is 0 Å². The van der Waals surface area contributed by atoms with Gasteiger partial charge in [-0.2, -0.15) is 0 Å². The van der Waals surface area contributed by atoms with Crippen LogP contribution in [0.1, 0.15) is 58.1 Å². The number of unbranched alkanes of at least 4 members (excludes halogenated alkanes) is 2. The van der Waals surface area contributed by atoms with Crippen LogP contribution in [-0.2, 0) is 0 Å². The van der Waals surface area contributed by atoms with E-state index in [2.05, 4.69) is 44.9 Å². The van der Waals surface area contributed by atoms with Gasteiger partial charge in [0, 0.05) is 23.1 Å². The zero-order chi connectivity index (χ0) is 15.2. The van der Waals surface area contributed by atoms with Crippen LogP contribution in [-0.4, -0.2) is 24.0 Å². The van der Waals surface area contributed by atoms with Crippen LogP contribution in [0.15, 0.2) is 24.3 Å². The molecule has 2 nitrogen and oxygen atoms in total. The second-order valence-electron chi connectivity index (χ2n) is 6.00. The van der Waals surface area contributed by atoms with Gasteiger partial charge in [-0.05, 0) is 45.0 Å². The van der Waals surface area contributed by atoms with E-state index in [1.807, 2.05) is 12.1 Å². The smallest absolute Gasteiger partial charge is 0.0406 e. The molecule has 0 saturated carbocycles. The third-order valence-corrected chi connectivity index (χ3v) is 4.80. The number of likely N-dealkylation sites (N-methyl/N-ethyl adjacent to an activating group) is 1. The highest BCUT2D eigenvalue weighted by molar-refractivity contribution is 6.30. The van der Waals surface area contributed by atoms with Crippen LogP contribution in [0.4, 0.5) is 0 Å². The number of nitrogens with two attached hydrogens (primary N) is 1. The fourth-order valence-electron chi connectivity index (χ4n) is 2.61. The molecule has 0 aliphatic carbocycles. The summed E-state index contributed by atoms with van der Waals surface area (Å²) in [6.07, 6.45) is 4.91. The van der Waals surface area contributed by atoms with Gasteiger partial charge in [-0.3, -0.25) is 4.90 Å². The van der Waals surface area contributed by atoms with Crippen molar-refractivity contribution in [1.82, 2.24) is 4.90 Å². The van der Waals surface area contributed by atoms with Gasteiger partial charge in [-0.1, -0.05) is 49.9 Å². The van der Waals surface area contributed by atoms with Gasteiger partial charge < -0.3 is 5.73 Å². The summed E-state index contributed by atoms with van der Waals surface area (Å²) in [5.74, 6) is 0. The van der Waals surface area contributed by atoms with Crippen LogP contribution in [0.2, 0.25) is 5.02 Å². The van der Waals surface area contributed by atoms with Crippen molar-refractivity contribution in [3.05, 3.63) is 34.9 Å². The van der Waals surface area contributed by atoms with Crippen LogP contribution < -0.4 is 5.73 Å². The lowest BCUT2D eigenvalue weighted by Gasteiger charge is -2.42. The Kier molecular flexibility index (Phi) is 7.01. The van der Waals surface area contributed by atoms with E-state index in [-0.39, 0.29) is 5.54 Å². The average molecular weight is 297 g/mol. The van der Waals surface area contributed by atoms with Gasteiger partial charge in [-0.15, -0.1) is 0 Å². The number of nitrogens with zero attached hydrogens (tertiary/aromatic N) is 1. The van der Waals surface area contributed by atoms with Gasteiger partial charge in [0.05, 0.1) is 0 Å². The molecule has 3 heteroatoms. The van der Waals surface area contributed by atoms with E-state index in [1.54, 1.807) is 0 Å². The molecule has 1 aromatic carbocycles. The lowest BCUT2D eigenvalue weighted by atomic mass is 9.90. The molecule has 114 valence electrons. The molecule has 0 aromatic heterocycles. The molecule has 2 atom stereocenters. The maximum atomic E-state index is 6.07. The lowest BCUT2D eigenvalue weighted by Crippen LogP contribution is -2.50. The number of hydrogen-bond donors (Lipinski definition) is 1. The first-order valence-electron chi connectivity index (χ1n) is 7.63. The summed E-state index contributed by atoms with van der Waals surface area (Å²) in [6.45, 7) is 7.43. The molecule has 1 aromatic rings. The Hall–Kier alpha value is -0.570. The molecule has 20 heavy (non-hydrogen) atoms. The van der Waals surface area contributed by atoms with Crippen LogP contribution >= 0.6 is 11.6 Å². The molecule has 0 radical (unpaired) electrons. The predicted molar refractivity (Wildman–Crippen MR) is 89.2 cm³/mol. The first-order chi connectivity index (χ1) is 9.44. The van der Waals surface area contributed by atoms with E-state index in [0.29, 0.717) is 12.6 Å². The molecule has 0 bridgehead atoms. The molecule has 0 aliphatic rings. The van der Waals surface area contributed by atoms with Crippen molar-refractivity contribution < 1.29 is 0 Å². The Morgan fingerprint density at radius 1 is 1.25 bits per heavy atom. The van der Waals surface area contributed by atoms with Crippen molar-refractivity contribution >= 4 is 11.6 Å². The molecule has 2 unspecified atom stereocenters. The summed E-state index contributed by atoms with van der Waals surface area (Å²) < 4.78 is 0. The molecule has 0 saturated heterocycles. The third kappa shape index (κ3) is 4.47. The van der Waals surface area contributed by atoms with Crippen LogP contribution in [0.25, 0.3) is 0 Å². The van der Waals surface area contributed by atoms with Gasteiger partial charge in [0.25, 0.3) is 0 Å². The molecule has 0 heterocycles. The Bertz CT molecular complexity index is 390. The van der Waals surface area contributed by atoms with Crippen molar-refractivity contribution in [2.75, 3.05) is 13.6 Å². The minimum absolute atomic E-state index is 0.0498. The van der Waals surface area contributed by atoms with Gasteiger partial charge in [-0.25, -0.2) is 0 Å². The first-order valence-corrected chi connectivity index (χ1v) is 8.01. The van der Waals surface area contributed by atoms with E-state index in [0.717, 1.165) is 11.4 Å². The number of hydrogen-bond acceptors (Lipinski definition) is 2. The summed E-state index contributed by atoms with van der Waals surface area (Å²) in [6, 6.07) is 8.46. The highest BCUT2D eigenvalue weighted by Gasteiger charge is 2.30. The second-order valence-corrected chi connectivity index (χ2v) is 6.43. The van der Waals surface area contributed by atoms with Crippen LogP contribution in [0, 0.1) is 0 Å². The predicted octanol–water partition coefficient (Wildman–Crippen LogP) is 4.63. The fourth-order valence-corrected chi connectivity index (χ4v) is 2.74. The van der Waals surface area contributed by atoms with E-state index < -0.39 is 0 Å². The number of benzene rings is 1. The van der Waals surface area contributed by atoms with E-state index in [9.17, 15) is 0 Å². The summed E-state index contributed by atoms with van der Waals surface area (Å²) in [5, 5.41) is 0.785. The average Bonchev–Trinajstić information content (AvgIpc) is 2.46. The number of halogens is 1. The van der Waals surface area contributed by atoms with Crippen LogP contribution in [0.3, 0.4) is 0 Å². The van der Waals surface area contributed by atoms with Crippen molar-refractivity contribution in [2.24, 2.45) is 5.73 Å². The lowest BCUT2D eigenvalue weighted by molar-refractivity contribution is 0.0892. The molecular formula is C17H29ClN2. The third-order valence-electron chi connectivity index (χ3n) is 4.54. The molecule has 0 aliphatic heterocycles. The standard InChI is InChI=1S/C17H29ClN2/c1-5-6-7-12-17(3,13-19)20(4)14(2)15-8-10-16(18)11-9-15/h8-11,14H,5-7,12-13,19H2,1-4H3. The highest BCUT2D eigenvalue weighted by atomic mass is 35.5. The summed E-state index contributed by atoms with van der Waals surface area (Å²) in [4.78, 5) is 2.41. The summed E-state index contributed by atoms with van der Waals surface area (Å²) in [7, 11) is 2.18. The normalized spacial score (nSPS) is 16.1. The Morgan fingerprint density at radius 3 is 2.35 bits per heavy atom. The van der Waals surface area contributed by atoms with Gasteiger partial charge in [0.1, 0.15) is 0 Å². The Labute approximate surface area is 129 Å². The maximum Gasteiger partial charge on any atom is 0.0406 e. The Balaban J connectivity index is 2.78. The maximum absolute atomic E-state index is 6.07. The topological polar surface area (TPSA) is 29.3 Å². The first kappa shape index (κ1) is 17.5. The SMILES string of the molecule is CCCCCC(C)(CN)N(C)C(C)c1ccc(Cl)cc1. The molecule has 2 N–H and O–H groups in total. The zero-order valence-corrected chi connectivity index (χ0v) is 14.1. The van der Waals surface area contributed by atoms with E-state index in [4.69, 9.17) is 17.3 Å². The molecular weight excluding hydrogens is 268 g/mol. The van der Waals surface area contributed by atoms with Crippen molar-refractivity contribution in [1.29, 1.82) is 0 Å². The van der Waals surface area contributed by atoms with E-state index in [1.165, 1.54) is 24.8 Å². The Morgan fingerprint density at radius 2 is 1.85 bits per heavy atom. The number of rotatable bonds is 8. The quantitative estimate of drug-likeness (QED) is 0.709. The van der Waals surface area contributed by atoms with Crippen molar-refractivity contribution in [3.8, 4) is 0 Å². The molecule has 0 spiro atoms. The summed E-state index contributed by atoms with van der Waals surface area (Å²) >= 11 is 5.96. The highest BCUT2D eigenvalue weighted by Crippen LogP contribution is 2.30. The molecule has 0 amide bonds. The molecule has 0 fully saturated rings. The van der Waals surface area contributed by atoms with Crippen molar-refractivity contribution in [2.45, 2.75) is 58.0 Å². The summed E-state index contributed by atoms with van der Waals surface area (Å²) in [5.41, 5.74) is 7.40. The second kappa shape index (κ2) is 8.02. The minimum Gasteiger partial charge on any atom is -0.329 e. The van der Waals surface area contributed by atoms with Gasteiger partial charge in [0.2, 0.25) is 0 Å². The molecule has 1 rings (SSSR count). The largest absolute Gasteiger partial charge is 0.329 e. The monoisotopic (exact) mass is 296 g/mol. The van der Waals surface area contributed by atoms with Crippen LogP contribution in [0.5, 0.6) is 0 Å². The minimum atomic E-state index is 0.0498. The van der Waals surface area contributed by atoms with Gasteiger partial charge >= 0.3 is 0 Å². The van der Waals surface area contributed by atoms with E-state index >= 15 is 0 Å².